The summed E-state index contributed by atoms with van der Waals surface area (Å²) in [4.78, 5) is 44.6. The van der Waals surface area contributed by atoms with Crippen molar-refractivity contribution in [2.75, 3.05) is 18.1 Å². The van der Waals surface area contributed by atoms with Gasteiger partial charge < -0.3 is 40.6 Å². The molecule has 8 N–H and O–H groups in total. The molecule has 1 fully saturated rings. The number of imidazole rings is 2. The van der Waals surface area contributed by atoms with Gasteiger partial charge in [-0.15, -0.1) is 0 Å². The van der Waals surface area contributed by atoms with Crippen LogP contribution in [0.4, 0.5) is 11.6 Å². The van der Waals surface area contributed by atoms with Crippen molar-refractivity contribution in [2.45, 2.75) is 24.9 Å². The summed E-state index contributed by atoms with van der Waals surface area (Å²) < 4.78 is 12.0. The fourth-order valence-corrected chi connectivity index (χ4v) is 3.59. The molecular formula is C15H19N10O5PS. The molecule has 1 saturated heterocycles. The molecule has 0 aliphatic carbocycles. The van der Waals surface area contributed by atoms with Crippen molar-refractivity contribution in [3.63, 3.8) is 0 Å². The van der Waals surface area contributed by atoms with Gasteiger partial charge in [0, 0.05) is 6.42 Å². The third-order valence-corrected chi connectivity index (χ3v) is 5.36. The predicted octanol–water partition coefficient (Wildman–Crippen LogP) is -0.782. The normalized spacial score (nSPS) is 21.0. The Morgan fingerprint density at radius 1 is 1.16 bits per heavy atom. The lowest BCUT2D eigenvalue weighted by atomic mass is 10.2. The topological polar surface area (TPSA) is 229 Å². The molecular weight excluding hydrogens is 463 g/mol. The minimum Gasteiger partial charge on any atom is -0.390 e. The quantitative estimate of drug-likeness (QED) is 0.196. The summed E-state index contributed by atoms with van der Waals surface area (Å²) in [7, 11) is 0. The van der Waals surface area contributed by atoms with E-state index in [0.717, 1.165) is 0 Å². The number of ether oxygens (including phenoxy) is 1. The molecule has 0 radical (unpaired) electrons. The molecule has 0 unspecified atom stereocenters. The summed E-state index contributed by atoms with van der Waals surface area (Å²) in [5, 5.41) is 10.0. The molecule has 4 aromatic heterocycles. The zero-order valence-corrected chi connectivity index (χ0v) is 18.0. The molecule has 1 aliphatic rings. The van der Waals surface area contributed by atoms with Crippen LogP contribution in [0, 0.1) is 0 Å². The first kappa shape index (κ1) is 22.3. The van der Waals surface area contributed by atoms with E-state index in [-0.39, 0.29) is 18.8 Å². The molecule has 0 spiro atoms. The number of aliphatic hydroxyl groups excluding tert-OH is 1. The van der Waals surface area contributed by atoms with Gasteiger partial charge in [-0.3, -0.25) is 4.57 Å². The Bertz CT molecular complexity index is 1280. The molecule has 0 bridgehead atoms. The van der Waals surface area contributed by atoms with Gasteiger partial charge in [0.1, 0.15) is 36.0 Å². The highest BCUT2D eigenvalue weighted by atomic mass is 32.5. The van der Waals surface area contributed by atoms with E-state index in [4.69, 9.17) is 30.5 Å². The minimum atomic E-state index is -3.78. The number of nitrogens with zero attached hydrogens (tertiary/aromatic N) is 7. The summed E-state index contributed by atoms with van der Waals surface area (Å²) >= 11 is 4.36. The molecule has 0 aromatic carbocycles. The van der Waals surface area contributed by atoms with Gasteiger partial charge in [-0.05, 0) is 11.8 Å². The lowest BCUT2D eigenvalue weighted by Gasteiger charge is -2.17. The van der Waals surface area contributed by atoms with Crippen molar-refractivity contribution in [1.82, 2.24) is 39.5 Å². The van der Waals surface area contributed by atoms with Crippen molar-refractivity contribution >= 4 is 52.5 Å². The van der Waals surface area contributed by atoms with Crippen molar-refractivity contribution in [2.24, 2.45) is 0 Å². The highest BCUT2D eigenvalue weighted by Crippen LogP contribution is 2.39. The summed E-state index contributed by atoms with van der Waals surface area (Å²) in [5.41, 5.74) is 13.4. The lowest BCUT2D eigenvalue weighted by Crippen LogP contribution is -2.25. The van der Waals surface area contributed by atoms with Crippen LogP contribution >= 0.6 is 6.72 Å². The largest absolute Gasteiger partial charge is 0.390 e. The van der Waals surface area contributed by atoms with Crippen LogP contribution in [-0.2, 0) is 21.1 Å². The fourth-order valence-electron chi connectivity index (χ4n) is 3.07. The molecule has 5 rings (SSSR count). The van der Waals surface area contributed by atoms with E-state index in [1.165, 1.54) is 25.3 Å². The van der Waals surface area contributed by atoms with Gasteiger partial charge in [0.2, 0.25) is 0 Å². The van der Waals surface area contributed by atoms with E-state index in [1.54, 1.807) is 4.57 Å². The predicted molar refractivity (Wildman–Crippen MR) is 115 cm³/mol. The average molecular weight is 482 g/mol. The first-order chi connectivity index (χ1) is 15.2. The minimum absolute atomic E-state index is 0.217. The van der Waals surface area contributed by atoms with E-state index < -0.39 is 25.2 Å². The maximum absolute atomic E-state index is 10.0. The van der Waals surface area contributed by atoms with Crippen LogP contribution in [0.2, 0.25) is 0 Å². The number of hydrogen-bond acceptors (Lipinski definition) is 12. The number of nitrogen functional groups attached to an aromatic ring is 2. The lowest BCUT2D eigenvalue weighted by molar-refractivity contribution is -0.0399. The van der Waals surface area contributed by atoms with Gasteiger partial charge in [0.15, 0.2) is 22.9 Å². The summed E-state index contributed by atoms with van der Waals surface area (Å²) in [5.74, 6) is 0.686. The maximum Gasteiger partial charge on any atom is 0.321 e. The Hall–Kier alpha value is -2.85. The van der Waals surface area contributed by atoms with Crippen LogP contribution in [-0.4, -0.2) is 73.2 Å². The third-order valence-electron chi connectivity index (χ3n) is 4.56. The van der Waals surface area contributed by atoms with Gasteiger partial charge >= 0.3 is 6.72 Å². The van der Waals surface area contributed by atoms with E-state index >= 15 is 0 Å². The average Bonchev–Trinajstić information content (AvgIpc) is 3.45. The highest BCUT2D eigenvalue weighted by Gasteiger charge is 2.36. The van der Waals surface area contributed by atoms with Gasteiger partial charge in [-0.2, -0.15) is 0 Å². The second-order valence-electron chi connectivity index (χ2n) is 6.66. The number of aromatic nitrogens is 8. The Kier molecular flexibility index (Phi) is 6.25. The number of anilines is 2. The molecule has 32 heavy (non-hydrogen) atoms. The smallest absolute Gasteiger partial charge is 0.321 e. The Morgan fingerprint density at radius 3 is 2.66 bits per heavy atom. The zero-order chi connectivity index (χ0) is 22.9. The van der Waals surface area contributed by atoms with E-state index in [2.05, 4.69) is 46.7 Å². The number of aromatic amines is 1. The Balaban J connectivity index is 0.000000203. The van der Waals surface area contributed by atoms with Crippen molar-refractivity contribution in [3.05, 3.63) is 25.3 Å². The summed E-state index contributed by atoms with van der Waals surface area (Å²) in [6, 6.07) is 0. The zero-order valence-electron chi connectivity index (χ0n) is 16.3. The van der Waals surface area contributed by atoms with E-state index in [0.29, 0.717) is 28.1 Å². The number of fused-ring (bicyclic) bond motifs is 2. The fraction of sp³-hybridized carbons (Fsp3) is 0.333. The molecule has 5 heterocycles. The van der Waals surface area contributed by atoms with Crippen LogP contribution < -0.4 is 11.5 Å². The van der Waals surface area contributed by atoms with Gasteiger partial charge in [-0.25, -0.2) is 29.9 Å². The number of nitrogens with one attached hydrogen (secondary N) is 1. The van der Waals surface area contributed by atoms with E-state index in [1.807, 2.05) is 0 Å². The number of H-pyrrole nitrogens is 1. The number of hydrogen-bond donors (Lipinski definition) is 6. The maximum atomic E-state index is 10.0. The van der Waals surface area contributed by atoms with Crippen LogP contribution in [0.25, 0.3) is 22.3 Å². The van der Waals surface area contributed by atoms with Gasteiger partial charge in [0.05, 0.1) is 25.4 Å². The second-order valence-corrected chi connectivity index (χ2v) is 9.33. The molecule has 0 saturated carbocycles. The van der Waals surface area contributed by atoms with Crippen LogP contribution in [0.15, 0.2) is 25.3 Å². The van der Waals surface area contributed by atoms with Crippen molar-refractivity contribution in [1.29, 1.82) is 0 Å². The molecule has 15 nitrogen and oxygen atoms in total. The second kappa shape index (κ2) is 8.95. The summed E-state index contributed by atoms with van der Waals surface area (Å²) in [6.45, 7) is -4.00. The molecule has 170 valence electrons. The van der Waals surface area contributed by atoms with Crippen LogP contribution in [0.1, 0.15) is 12.6 Å². The van der Waals surface area contributed by atoms with Crippen molar-refractivity contribution in [3.8, 4) is 0 Å². The first-order valence-electron chi connectivity index (χ1n) is 9.09. The van der Waals surface area contributed by atoms with E-state index in [9.17, 15) is 5.11 Å². The van der Waals surface area contributed by atoms with Crippen LogP contribution in [0.5, 0.6) is 0 Å². The number of aliphatic hydroxyl groups is 1. The Morgan fingerprint density at radius 2 is 1.91 bits per heavy atom. The number of nitrogens with two attached hydrogens (primary N) is 2. The number of rotatable bonds is 4. The SMILES string of the molecule is Nc1ncnc2c1ncn2[C@H]1C[C@H](O)[C@@H](COP(O)(O)=S)O1.Nc1ncnc2nc[nH]c12. The highest BCUT2D eigenvalue weighted by molar-refractivity contribution is 8.06. The monoisotopic (exact) mass is 482 g/mol. The first-order valence-corrected chi connectivity index (χ1v) is 11.7. The molecule has 3 atom stereocenters. The third kappa shape index (κ3) is 4.81. The van der Waals surface area contributed by atoms with Crippen molar-refractivity contribution < 1.29 is 24.2 Å². The Labute approximate surface area is 184 Å². The standard InChI is InChI=1S/C10H14N5O5PS.C5H5N5/c11-9-8-10(13-3-12-9)15(4-14-8)7-1-5(16)6(20-7)2-19-21(17,18)22;6-4-3-5(9-1-7-3)10-2-8-4/h3-7,16H,1-2H2,(H2,11,12,13)(H2,17,18,22);1-2H,(H3,6,7,8,9,10)/t5-,6+,7+;/m0./s1. The molecule has 1 aliphatic heterocycles. The van der Waals surface area contributed by atoms with Crippen LogP contribution in [0.3, 0.4) is 0 Å². The molecule has 0 amide bonds. The molecule has 17 heteroatoms. The van der Waals surface area contributed by atoms with Gasteiger partial charge in [-0.1, -0.05) is 0 Å². The summed E-state index contributed by atoms with van der Waals surface area (Å²) in [6.07, 6.45) is 3.90. The molecule has 4 aromatic rings. The van der Waals surface area contributed by atoms with Gasteiger partial charge in [0.25, 0.3) is 0 Å².